The van der Waals surface area contributed by atoms with Gasteiger partial charge in [-0.2, -0.15) is 0 Å². The summed E-state index contributed by atoms with van der Waals surface area (Å²) in [5, 5.41) is 1.42. The maximum atomic E-state index is 10.8. The lowest BCUT2D eigenvalue weighted by Gasteiger charge is -1.97. The summed E-state index contributed by atoms with van der Waals surface area (Å²) in [7, 11) is 0. The third-order valence-electron chi connectivity index (χ3n) is 1.68. The Kier molecular flexibility index (Phi) is 1.14. The van der Waals surface area contributed by atoms with Gasteiger partial charge in [0.15, 0.2) is 0 Å². The molecule has 0 spiro atoms. The molecule has 0 unspecified atom stereocenters. The van der Waals surface area contributed by atoms with Gasteiger partial charge < -0.3 is 0 Å². The number of fused-ring (bicyclic) bond motifs is 1. The molecular weight excluding hydrogens is 164 g/mol. The van der Waals surface area contributed by atoms with E-state index in [1.54, 1.807) is 12.1 Å². The minimum Gasteiger partial charge on any atom is -0.285 e. The molecule has 0 saturated carbocycles. The van der Waals surface area contributed by atoms with Gasteiger partial charge in [-0.05, 0) is 18.2 Å². The molecule has 3 heteroatoms. The van der Waals surface area contributed by atoms with Gasteiger partial charge in [0.05, 0.1) is 0 Å². The first-order valence-electron chi connectivity index (χ1n) is 3.09. The highest BCUT2D eigenvalue weighted by atomic mass is 35.5. The summed E-state index contributed by atoms with van der Waals surface area (Å²) in [5.74, 6) is 0. The summed E-state index contributed by atoms with van der Waals surface area (Å²) >= 11 is 5.60. The second-order valence-electron chi connectivity index (χ2n) is 2.35. The van der Waals surface area contributed by atoms with Crippen LogP contribution in [0, 0.1) is 0 Å². The maximum Gasteiger partial charge on any atom is 0.234 e. The van der Waals surface area contributed by atoms with Crippen molar-refractivity contribution >= 4 is 22.4 Å². The Morgan fingerprint density at radius 3 is 2.36 bits per heavy atom. The van der Waals surface area contributed by atoms with Crippen molar-refractivity contribution in [2.75, 3.05) is 0 Å². The molecule has 0 saturated heterocycles. The van der Waals surface area contributed by atoms with Crippen LogP contribution in [-0.4, -0.2) is 0 Å². The van der Waals surface area contributed by atoms with Crippen LogP contribution in [0.3, 0.4) is 0 Å². The van der Waals surface area contributed by atoms with E-state index in [0.717, 1.165) is 0 Å². The third-order valence-corrected chi connectivity index (χ3v) is 1.91. The molecule has 0 amide bonds. The SMILES string of the molecule is O=c1c(=O)c2cc(Cl)ccc12. The molecule has 0 radical (unpaired) electrons. The Balaban J connectivity index is 2.99. The van der Waals surface area contributed by atoms with E-state index < -0.39 is 10.9 Å². The summed E-state index contributed by atoms with van der Waals surface area (Å²) in [5.41, 5.74) is -0.834. The number of halogens is 1. The Morgan fingerprint density at radius 1 is 1.00 bits per heavy atom. The Bertz CT molecular complexity index is 492. The first kappa shape index (κ1) is 6.55. The lowest BCUT2D eigenvalue weighted by Crippen LogP contribution is -2.30. The molecule has 0 aromatic heterocycles. The number of rotatable bonds is 0. The van der Waals surface area contributed by atoms with Crippen molar-refractivity contribution in [2.24, 2.45) is 0 Å². The summed E-state index contributed by atoms with van der Waals surface area (Å²) in [6.07, 6.45) is 0. The van der Waals surface area contributed by atoms with Crippen LogP contribution in [0.1, 0.15) is 0 Å². The molecule has 2 aromatic carbocycles. The first-order chi connectivity index (χ1) is 5.20. The zero-order valence-corrected chi connectivity index (χ0v) is 6.18. The monoisotopic (exact) mass is 166 g/mol. The molecular formula is C8H3ClO2. The van der Waals surface area contributed by atoms with Crippen molar-refractivity contribution in [3.8, 4) is 0 Å². The van der Waals surface area contributed by atoms with Crippen LogP contribution in [-0.2, 0) is 0 Å². The standard InChI is InChI=1S/C8H3ClO2/c9-4-1-2-5-6(3-4)8(11)7(5)10/h1-3H. The Morgan fingerprint density at radius 2 is 1.64 bits per heavy atom. The zero-order valence-electron chi connectivity index (χ0n) is 5.43. The Hall–Kier alpha value is -1.15. The fourth-order valence-corrected chi connectivity index (χ4v) is 1.26. The van der Waals surface area contributed by atoms with E-state index in [0.29, 0.717) is 15.8 Å². The van der Waals surface area contributed by atoms with Gasteiger partial charge in [-0.1, -0.05) is 11.6 Å². The van der Waals surface area contributed by atoms with Crippen LogP contribution in [0.25, 0.3) is 10.8 Å². The second kappa shape index (κ2) is 1.92. The number of hydrogen-bond acceptors (Lipinski definition) is 2. The topological polar surface area (TPSA) is 34.1 Å². The minimum atomic E-state index is -0.428. The molecule has 0 aliphatic carbocycles. The molecule has 11 heavy (non-hydrogen) atoms. The highest BCUT2D eigenvalue weighted by molar-refractivity contribution is 6.31. The van der Waals surface area contributed by atoms with Crippen LogP contribution < -0.4 is 10.9 Å². The summed E-state index contributed by atoms with van der Waals surface area (Å²) in [4.78, 5) is 21.6. The fourth-order valence-electron chi connectivity index (χ4n) is 1.08. The maximum absolute atomic E-state index is 10.8. The van der Waals surface area contributed by atoms with Gasteiger partial charge in [0.2, 0.25) is 10.9 Å². The van der Waals surface area contributed by atoms with Crippen molar-refractivity contribution < 1.29 is 0 Å². The molecule has 0 N–H and O–H groups in total. The smallest absolute Gasteiger partial charge is 0.234 e. The van der Waals surface area contributed by atoms with Crippen molar-refractivity contribution in [1.29, 1.82) is 0 Å². The fraction of sp³-hybridized carbons (Fsp3) is 0. The molecule has 2 nitrogen and oxygen atoms in total. The van der Waals surface area contributed by atoms with Crippen molar-refractivity contribution in [1.82, 2.24) is 0 Å². The summed E-state index contributed by atoms with van der Waals surface area (Å²) in [6.45, 7) is 0. The average molecular weight is 167 g/mol. The summed E-state index contributed by atoms with van der Waals surface area (Å²) < 4.78 is 0. The van der Waals surface area contributed by atoms with E-state index in [9.17, 15) is 9.59 Å². The molecule has 0 heterocycles. The molecule has 0 aliphatic heterocycles. The van der Waals surface area contributed by atoms with Crippen LogP contribution in [0.4, 0.5) is 0 Å². The number of hydrogen-bond donors (Lipinski definition) is 0. The molecule has 54 valence electrons. The van der Waals surface area contributed by atoms with E-state index >= 15 is 0 Å². The predicted molar refractivity (Wildman–Crippen MR) is 43.9 cm³/mol. The molecule has 0 bridgehead atoms. The van der Waals surface area contributed by atoms with Gasteiger partial charge in [0, 0.05) is 15.8 Å². The average Bonchev–Trinajstić information content (AvgIpc) is 2.03. The number of benzene rings is 1. The molecule has 0 aliphatic rings. The van der Waals surface area contributed by atoms with Crippen LogP contribution in [0.2, 0.25) is 5.02 Å². The van der Waals surface area contributed by atoms with Crippen molar-refractivity contribution in [3.05, 3.63) is 43.7 Å². The normalized spacial score (nSPS) is 11.0. The van der Waals surface area contributed by atoms with E-state index in [2.05, 4.69) is 0 Å². The van der Waals surface area contributed by atoms with E-state index in [1.165, 1.54) is 6.07 Å². The van der Waals surface area contributed by atoms with Crippen LogP contribution in [0.5, 0.6) is 0 Å². The molecule has 2 rings (SSSR count). The van der Waals surface area contributed by atoms with E-state index in [4.69, 9.17) is 11.6 Å². The van der Waals surface area contributed by atoms with Crippen molar-refractivity contribution in [3.63, 3.8) is 0 Å². The van der Waals surface area contributed by atoms with Crippen LogP contribution >= 0.6 is 11.6 Å². The van der Waals surface area contributed by atoms with E-state index in [-0.39, 0.29) is 0 Å². The Labute approximate surface area is 66.7 Å². The highest BCUT2D eigenvalue weighted by Crippen LogP contribution is 2.14. The minimum absolute atomic E-state index is 0.406. The van der Waals surface area contributed by atoms with Gasteiger partial charge in [-0.3, -0.25) is 9.59 Å². The molecule has 0 fully saturated rings. The van der Waals surface area contributed by atoms with E-state index in [1.807, 2.05) is 0 Å². The quantitative estimate of drug-likeness (QED) is 0.549. The van der Waals surface area contributed by atoms with Gasteiger partial charge in [0.25, 0.3) is 0 Å². The van der Waals surface area contributed by atoms with Crippen molar-refractivity contribution in [2.45, 2.75) is 0 Å². The summed E-state index contributed by atoms with van der Waals surface area (Å²) in [6, 6.07) is 4.69. The van der Waals surface area contributed by atoms with Gasteiger partial charge >= 0.3 is 0 Å². The van der Waals surface area contributed by atoms with Gasteiger partial charge in [-0.15, -0.1) is 0 Å². The largest absolute Gasteiger partial charge is 0.285 e. The van der Waals surface area contributed by atoms with Gasteiger partial charge in [-0.25, -0.2) is 0 Å². The molecule has 0 atom stereocenters. The van der Waals surface area contributed by atoms with Crippen LogP contribution in [0.15, 0.2) is 27.8 Å². The highest BCUT2D eigenvalue weighted by Gasteiger charge is 2.10. The zero-order chi connectivity index (χ0) is 8.01. The lowest BCUT2D eigenvalue weighted by atomic mass is 10.1. The lowest BCUT2D eigenvalue weighted by molar-refractivity contribution is 1.54. The molecule has 2 aromatic rings. The van der Waals surface area contributed by atoms with Gasteiger partial charge in [0.1, 0.15) is 0 Å². The predicted octanol–water partition coefficient (Wildman–Crippen LogP) is 1.09. The second-order valence-corrected chi connectivity index (χ2v) is 2.78. The first-order valence-corrected chi connectivity index (χ1v) is 3.46. The third kappa shape index (κ3) is 0.730.